The van der Waals surface area contributed by atoms with Crippen LogP contribution in [0.25, 0.3) is 43.8 Å². The van der Waals surface area contributed by atoms with E-state index >= 15 is 0 Å². The Bertz CT molecular complexity index is 1550. The van der Waals surface area contributed by atoms with Crippen LogP contribution in [-0.4, -0.2) is 0 Å². The summed E-state index contributed by atoms with van der Waals surface area (Å²) in [6, 6.07) is 23.1. The smallest absolute Gasteiger partial charge is 0.143 e. The molecule has 0 amide bonds. The van der Waals surface area contributed by atoms with Gasteiger partial charge in [0, 0.05) is 28.6 Å². The van der Waals surface area contributed by atoms with Crippen molar-refractivity contribution < 1.29 is 11.3 Å². The third-order valence-corrected chi connectivity index (χ3v) is 5.23. The average molecular weight is 384 g/mol. The summed E-state index contributed by atoms with van der Waals surface area (Å²) in [6.07, 6.45) is -1.86. The van der Waals surface area contributed by atoms with Crippen molar-refractivity contribution in [1.82, 2.24) is 0 Å². The van der Waals surface area contributed by atoms with Crippen LogP contribution in [-0.2, 0) is 6.37 Å². The Labute approximate surface area is 179 Å². The summed E-state index contributed by atoms with van der Waals surface area (Å²) >= 11 is 0. The van der Waals surface area contributed by atoms with Gasteiger partial charge in [0.25, 0.3) is 0 Å². The monoisotopic (exact) mass is 383 g/mol. The van der Waals surface area contributed by atoms with Crippen molar-refractivity contribution in [3.63, 3.8) is 0 Å². The number of hydrogen-bond donors (Lipinski definition) is 0. The molecule has 0 radical (unpaired) electrons. The Kier molecular flexibility index (Phi) is 2.96. The molecule has 5 rings (SSSR count). The van der Waals surface area contributed by atoms with Gasteiger partial charge in [0.1, 0.15) is 11.2 Å². The Morgan fingerprint density at radius 3 is 2.45 bits per heavy atom. The topological polar surface area (TPSA) is 13.1 Å². The second-order valence-corrected chi connectivity index (χ2v) is 8.58. The summed E-state index contributed by atoms with van der Waals surface area (Å²) in [5, 5.41) is 4.11. The Balaban J connectivity index is 1.80. The number of benzene rings is 4. The second kappa shape index (κ2) is 6.49. The number of aryl methyl sites for hydroxylation is 1. The van der Waals surface area contributed by atoms with Gasteiger partial charge < -0.3 is 4.42 Å². The maximum Gasteiger partial charge on any atom is 0.143 e. The van der Waals surface area contributed by atoms with Crippen molar-refractivity contribution in [2.24, 2.45) is 5.41 Å². The van der Waals surface area contributed by atoms with Gasteiger partial charge in [0.05, 0.1) is 0 Å². The molecule has 0 aliphatic heterocycles. The Morgan fingerprint density at radius 1 is 0.828 bits per heavy atom. The van der Waals surface area contributed by atoms with Crippen molar-refractivity contribution in [1.29, 1.82) is 0 Å². The van der Waals surface area contributed by atoms with Crippen LogP contribution in [0.15, 0.2) is 77.2 Å². The summed E-state index contributed by atoms with van der Waals surface area (Å²) in [7, 11) is 0. The molecule has 0 aliphatic carbocycles. The summed E-state index contributed by atoms with van der Waals surface area (Å²) in [5.74, 6) is 0. The van der Waals surface area contributed by atoms with Gasteiger partial charge >= 0.3 is 0 Å². The van der Waals surface area contributed by atoms with Gasteiger partial charge in [-0.05, 0) is 46.8 Å². The molecule has 29 heavy (non-hydrogen) atoms. The highest BCUT2D eigenvalue weighted by atomic mass is 16.3. The van der Waals surface area contributed by atoms with Crippen LogP contribution < -0.4 is 0 Å². The van der Waals surface area contributed by atoms with E-state index in [0.29, 0.717) is 5.58 Å². The molecule has 0 N–H and O–H groups in total. The molecular weight excluding hydrogens is 352 g/mol. The molecule has 1 heteroatoms. The zero-order valence-electron chi connectivity index (χ0n) is 21.8. The van der Waals surface area contributed by atoms with Gasteiger partial charge in [-0.1, -0.05) is 87.5 Å². The third kappa shape index (κ3) is 3.11. The van der Waals surface area contributed by atoms with Crippen LogP contribution in [0, 0.1) is 12.3 Å². The minimum Gasteiger partial charge on any atom is -0.455 e. The largest absolute Gasteiger partial charge is 0.455 e. The molecule has 0 fully saturated rings. The maximum absolute atomic E-state index is 8.83. The fourth-order valence-electron chi connectivity index (χ4n) is 3.97. The lowest BCUT2D eigenvalue weighted by Gasteiger charge is -2.20. The van der Waals surface area contributed by atoms with E-state index in [-0.39, 0.29) is 11.1 Å². The molecule has 0 bridgehead atoms. The minimum atomic E-state index is -2.42. The van der Waals surface area contributed by atoms with Gasteiger partial charge in [0.15, 0.2) is 0 Å². The van der Waals surface area contributed by atoms with Gasteiger partial charge in [-0.3, -0.25) is 0 Å². The van der Waals surface area contributed by atoms with Crippen LogP contribution in [0.5, 0.6) is 0 Å². The van der Waals surface area contributed by atoms with Crippen LogP contribution >= 0.6 is 0 Å². The SMILES string of the molecule is [2H]C([2H])([2H])c1ccc(-c2cccc3c2oc2c4ccccc4ccc32)cc1C([2H])([2H])C(C)(C)C. The first-order chi connectivity index (χ1) is 15.9. The summed E-state index contributed by atoms with van der Waals surface area (Å²) < 4.78 is 48.1. The number of rotatable bonds is 2. The number of hydrogen-bond acceptors (Lipinski definition) is 1. The second-order valence-electron chi connectivity index (χ2n) is 8.58. The lowest BCUT2D eigenvalue weighted by Crippen LogP contribution is -2.10. The lowest BCUT2D eigenvalue weighted by atomic mass is 9.85. The molecule has 0 aliphatic rings. The quantitative estimate of drug-likeness (QED) is 0.299. The number of para-hydroxylation sites is 1. The van der Waals surface area contributed by atoms with E-state index in [9.17, 15) is 0 Å². The number of furan rings is 1. The van der Waals surface area contributed by atoms with E-state index < -0.39 is 18.6 Å². The molecule has 5 aromatic rings. The molecule has 144 valence electrons. The van der Waals surface area contributed by atoms with E-state index in [1.54, 1.807) is 32.9 Å². The normalized spacial score (nSPS) is 15.8. The van der Waals surface area contributed by atoms with Crippen molar-refractivity contribution in [2.75, 3.05) is 0 Å². The molecule has 1 aromatic heterocycles. The summed E-state index contributed by atoms with van der Waals surface area (Å²) in [5.41, 5.74) is 2.49. The van der Waals surface area contributed by atoms with Crippen molar-refractivity contribution >= 4 is 32.7 Å². The Morgan fingerprint density at radius 2 is 1.62 bits per heavy atom. The Hall–Kier alpha value is -3.06. The minimum absolute atomic E-state index is 0.0407. The predicted molar refractivity (Wildman–Crippen MR) is 125 cm³/mol. The molecule has 1 heterocycles. The van der Waals surface area contributed by atoms with Gasteiger partial charge in [-0.2, -0.15) is 0 Å². The van der Waals surface area contributed by atoms with Gasteiger partial charge in [0.2, 0.25) is 0 Å². The van der Waals surface area contributed by atoms with Crippen LogP contribution in [0.2, 0.25) is 0 Å². The van der Waals surface area contributed by atoms with E-state index in [1.165, 1.54) is 6.07 Å². The van der Waals surface area contributed by atoms with Gasteiger partial charge in [-0.25, -0.2) is 0 Å². The molecule has 0 saturated carbocycles. The van der Waals surface area contributed by atoms with Crippen molar-refractivity contribution in [3.8, 4) is 11.1 Å². The zero-order chi connectivity index (χ0) is 24.5. The van der Waals surface area contributed by atoms with Crippen molar-refractivity contribution in [3.05, 3.63) is 83.9 Å². The van der Waals surface area contributed by atoms with Gasteiger partial charge in [-0.15, -0.1) is 0 Å². The van der Waals surface area contributed by atoms with Crippen LogP contribution in [0.3, 0.4) is 0 Å². The average Bonchev–Trinajstić information content (AvgIpc) is 3.16. The van der Waals surface area contributed by atoms with Crippen molar-refractivity contribution in [2.45, 2.75) is 34.0 Å². The molecule has 0 atom stereocenters. The molecule has 1 nitrogen and oxygen atoms in total. The lowest BCUT2D eigenvalue weighted by molar-refractivity contribution is 0.410. The third-order valence-electron chi connectivity index (χ3n) is 5.23. The first-order valence-corrected chi connectivity index (χ1v) is 9.88. The first kappa shape index (κ1) is 13.2. The molecular formula is C28H26O. The maximum atomic E-state index is 8.83. The molecule has 4 aromatic carbocycles. The van der Waals surface area contributed by atoms with E-state index in [1.807, 2.05) is 36.4 Å². The summed E-state index contributed by atoms with van der Waals surface area (Å²) in [6.45, 7) is 2.94. The highest BCUT2D eigenvalue weighted by Gasteiger charge is 2.17. The first-order valence-electron chi connectivity index (χ1n) is 12.4. The highest BCUT2D eigenvalue weighted by Crippen LogP contribution is 2.39. The van der Waals surface area contributed by atoms with Crippen LogP contribution in [0.1, 0.15) is 38.8 Å². The van der Waals surface area contributed by atoms with Crippen LogP contribution in [0.4, 0.5) is 0 Å². The zero-order valence-corrected chi connectivity index (χ0v) is 16.8. The molecule has 0 spiro atoms. The predicted octanol–water partition coefficient (Wildman–Crippen LogP) is 8.30. The van der Waals surface area contributed by atoms with E-state index in [0.717, 1.165) is 38.3 Å². The number of fused-ring (bicyclic) bond motifs is 5. The molecule has 0 saturated heterocycles. The summed E-state index contributed by atoms with van der Waals surface area (Å²) in [4.78, 5) is 0. The fourth-order valence-corrected chi connectivity index (χ4v) is 3.97. The standard InChI is InChI=1S/C28H26O/c1-18-12-13-20(16-21(18)17-28(2,3)4)23-10-7-11-24-25-15-14-19-8-5-6-9-22(19)26(25)29-27(23)24/h5-16H,17H2,1-4H3/i1D3,17D2. The van der Waals surface area contributed by atoms with E-state index in [4.69, 9.17) is 11.3 Å². The highest BCUT2D eigenvalue weighted by molar-refractivity contribution is 6.17. The van der Waals surface area contributed by atoms with E-state index in [2.05, 4.69) is 18.2 Å². The molecule has 0 unspecified atom stereocenters. The fraction of sp³-hybridized carbons (Fsp3) is 0.214.